The molecule has 0 aliphatic heterocycles. The van der Waals surface area contributed by atoms with Crippen LogP contribution in [0.5, 0.6) is 0 Å². The molecular weight excluding hydrogens is 254 g/mol. The summed E-state index contributed by atoms with van der Waals surface area (Å²) in [5, 5.41) is 0.417. The van der Waals surface area contributed by atoms with Crippen LogP contribution < -0.4 is 11.5 Å². The maximum absolute atomic E-state index is 6.07. The SMILES string of the molecule is C=C(/C=C(\C(Cl)=C/N)c1cccnc1N)SC. The molecule has 0 aliphatic rings. The molecule has 1 aromatic heterocycles. The van der Waals surface area contributed by atoms with Gasteiger partial charge in [-0.3, -0.25) is 0 Å². The number of anilines is 1. The highest BCUT2D eigenvalue weighted by Crippen LogP contribution is 2.31. The van der Waals surface area contributed by atoms with Crippen molar-refractivity contribution in [2.75, 3.05) is 12.0 Å². The van der Waals surface area contributed by atoms with Crippen molar-refractivity contribution < 1.29 is 0 Å². The van der Waals surface area contributed by atoms with Crippen LogP contribution in [0.2, 0.25) is 0 Å². The Kier molecular flexibility index (Phi) is 5.12. The van der Waals surface area contributed by atoms with E-state index in [1.807, 2.05) is 18.4 Å². The fourth-order valence-corrected chi connectivity index (χ4v) is 1.62. The number of pyridine rings is 1. The lowest BCUT2D eigenvalue weighted by Crippen LogP contribution is -1.98. The number of nitrogens with zero attached hydrogens (tertiary/aromatic N) is 1. The zero-order chi connectivity index (χ0) is 12.8. The molecule has 1 aromatic rings. The predicted molar refractivity (Wildman–Crippen MR) is 77.4 cm³/mol. The molecule has 0 spiro atoms. The average molecular weight is 268 g/mol. The number of nitrogen functional groups attached to an aromatic ring is 1. The number of rotatable bonds is 4. The number of aromatic nitrogens is 1. The van der Waals surface area contributed by atoms with Crippen LogP contribution in [0, 0.1) is 0 Å². The second-order valence-corrected chi connectivity index (χ2v) is 4.52. The molecular formula is C12H14ClN3S. The first-order chi connectivity index (χ1) is 8.10. The molecule has 0 fully saturated rings. The average Bonchev–Trinajstić information content (AvgIpc) is 2.35. The third-order valence-electron chi connectivity index (χ3n) is 2.10. The zero-order valence-corrected chi connectivity index (χ0v) is 11.1. The summed E-state index contributed by atoms with van der Waals surface area (Å²) in [7, 11) is 0. The van der Waals surface area contributed by atoms with Crippen LogP contribution in [0.15, 0.2) is 47.1 Å². The Labute approximate surface area is 110 Å². The minimum Gasteiger partial charge on any atom is -0.403 e. The monoisotopic (exact) mass is 267 g/mol. The van der Waals surface area contributed by atoms with Crippen LogP contribution >= 0.6 is 23.4 Å². The van der Waals surface area contributed by atoms with E-state index in [9.17, 15) is 0 Å². The third kappa shape index (κ3) is 3.54. The van der Waals surface area contributed by atoms with Crippen LogP contribution in [-0.4, -0.2) is 11.2 Å². The Morgan fingerprint density at radius 3 is 2.82 bits per heavy atom. The van der Waals surface area contributed by atoms with Gasteiger partial charge in [-0.05, 0) is 24.5 Å². The molecule has 1 heterocycles. The van der Waals surface area contributed by atoms with Gasteiger partial charge in [-0.2, -0.15) is 0 Å². The van der Waals surface area contributed by atoms with Crippen LogP contribution in [0.25, 0.3) is 5.57 Å². The van der Waals surface area contributed by atoms with Crippen molar-refractivity contribution in [1.29, 1.82) is 0 Å². The standard InChI is InChI=1S/C12H14ClN3S/c1-8(17-2)6-10(11(13)7-14)9-4-3-5-16-12(9)15/h3-7H,1,14H2,2H3,(H2,15,16)/b10-6-,11-7+. The van der Waals surface area contributed by atoms with E-state index in [-0.39, 0.29) is 0 Å². The minimum atomic E-state index is 0.410. The zero-order valence-electron chi connectivity index (χ0n) is 9.48. The van der Waals surface area contributed by atoms with E-state index in [1.54, 1.807) is 12.3 Å². The number of hydrogen-bond acceptors (Lipinski definition) is 4. The molecule has 5 heteroatoms. The van der Waals surface area contributed by atoms with Gasteiger partial charge < -0.3 is 11.5 Å². The van der Waals surface area contributed by atoms with E-state index in [0.717, 1.165) is 16.0 Å². The van der Waals surface area contributed by atoms with Gasteiger partial charge in [0.15, 0.2) is 0 Å². The summed E-state index contributed by atoms with van der Waals surface area (Å²) >= 11 is 7.60. The van der Waals surface area contributed by atoms with Crippen LogP contribution in [0.3, 0.4) is 0 Å². The van der Waals surface area contributed by atoms with Gasteiger partial charge in [0.2, 0.25) is 0 Å². The Morgan fingerprint density at radius 1 is 1.59 bits per heavy atom. The molecule has 1 rings (SSSR count). The minimum absolute atomic E-state index is 0.410. The van der Waals surface area contributed by atoms with Gasteiger partial charge in [0.05, 0.1) is 5.03 Å². The van der Waals surface area contributed by atoms with Crippen LogP contribution in [0.1, 0.15) is 5.56 Å². The maximum Gasteiger partial charge on any atom is 0.131 e. The van der Waals surface area contributed by atoms with Gasteiger partial charge in [-0.25, -0.2) is 4.98 Å². The predicted octanol–water partition coefficient (Wildman–Crippen LogP) is 2.96. The number of thioether (sulfide) groups is 1. The van der Waals surface area contributed by atoms with Gasteiger partial charge in [-0.1, -0.05) is 18.2 Å². The van der Waals surface area contributed by atoms with Gasteiger partial charge in [0.25, 0.3) is 0 Å². The third-order valence-corrected chi connectivity index (χ3v) is 3.07. The van der Waals surface area contributed by atoms with Crippen molar-refractivity contribution in [3.8, 4) is 0 Å². The van der Waals surface area contributed by atoms with E-state index >= 15 is 0 Å². The molecule has 0 bridgehead atoms. The first-order valence-corrected chi connectivity index (χ1v) is 6.43. The van der Waals surface area contributed by atoms with E-state index in [2.05, 4.69) is 11.6 Å². The van der Waals surface area contributed by atoms with E-state index in [1.165, 1.54) is 18.0 Å². The Balaban J connectivity index is 3.31. The van der Waals surface area contributed by atoms with Crippen molar-refractivity contribution in [2.24, 2.45) is 5.73 Å². The summed E-state index contributed by atoms with van der Waals surface area (Å²) in [6, 6.07) is 3.63. The molecule has 17 heavy (non-hydrogen) atoms. The molecule has 0 amide bonds. The summed E-state index contributed by atoms with van der Waals surface area (Å²) in [5.41, 5.74) is 12.7. The summed E-state index contributed by atoms with van der Waals surface area (Å²) in [6.45, 7) is 3.88. The fraction of sp³-hybridized carbons (Fsp3) is 0.0833. The fourth-order valence-electron chi connectivity index (χ4n) is 1.23. The van der Waals surface area contributed by atoms with E-state index in [0.29, 0.717) is 10.9 Å². The second kappa shape index (κ2) is 6.37. The van der Waals surface area contributed by atoms with E-state index < -0.39 is 0 Å². The number of halogens is 1. The summed E-state index contributed by atoms with van der Waals surface area (Å²) in [4.78, 5) is 4.89. The molecule has 0 radical (unpaired) electrons. The lowest BCUT2D eigenvalue weighted by atomic mass is 10.1. The quantitative estimate of drug-likeness (QED) is 0.823. The topological polar surface area (TPSA) is 64.9 Å². The normalized spacial score (nSPS) is 12.6. The Hall–Kier alpha value is -1.39. The van der Waals surface area contributed by atoms with Crippen LogP contribution in [0.4, 0.5) is 5.82 Å². The number of nitrogens with two attached hydrogens (primary N) is 2. The van der Waals surface area contributed by atoms with Gasteiger partial charge in [-0.15, -0.1) is 11.8 Å². The molecule has 90 valence electrons. The highest BCUT2D eigenvalue weighted by Gasteiger charge is 2.10. The van der Waals surface area contributed by atoms with Crippen molar-refractivity contribution >= 4 is 34.8 Å². The molecule has 0 atom stereocenters. The molecule has 3 nitrogen and oxygen atoms in total. The first-order valence-electron chi connectivity index (χ1n) is 4.83. The van der Waals surface area contributed by atoms with Crippen molar-refractivity contribution in [2.45, 2.75) is 0 Å². The number of allylic oxidation sites excluding steroid dienone is 3. The summed E-state index contributed by atoms with van der Waals surface area (Å²) in [5.74, 6) is 0.410. The smallest absolute Gasteiger partial charge is 0.131 e. The maximum atomic E-state index is 6.07. The second-order valence-electron chi connectivity index (χ2n) is 3.18. The highest BCUT2D eigenvalue weighted by atomic mass is 35.5. The van der Waals surface area contributed by atoms with Crippen molar-refractivity contribution in [3.63, 3.8) is 0 Å². The largest absolute Gasteiger partial charge is 0.403 e. The van der Waals surface area contributed by atoms with Gasteiger partial charge in [0, 0.05) is 28.4 Å². The lowest BCUT2D eigenvalue weighted by molar-refractivity contribution is 1.32. The molecule has 0 aliphatic carbocycles. The highest BCUT2D eigenvalue weighted by molar-refractivity contribution is 8.02. The van der Waals surface area contributed by atoms with Crippen LogP contribution in [-0.2, 0) is 0 Å². The van der Waals surface area contributed by atoms with Gasteiger partial charge >= 0.3 is 0 Å². The Bertz CT molecular complexity index is 480. The Morgan fingerprint density at radius 2 is 2.29 bits per heavy atom. The summed E-state index contributed by atoms with van der Waals surface area (Å²) in [6.07, 6.45) is 6.72. The molecule has 0 unspecified atom stereocenters. The van der Waals surface area contributed by atoms with Crippen molar-refractivity contribution in [3.05, 3.63) is 52.7 Å². The molecule has 0 saturated carbocycles. The van der Waals surface area contributed by atoms with Gasteiger partial charge in [0.1, 0.15) is 5.82 Å². The first kappa shape index (κ1) is 13.7. The van der Waals surface area contributed by atoms with E-state index in [4.69, 9.17) is 23.1 Å². The molecule has 4 N–H and O–H groups in total. The molecule has 0 saturated heterocycles. The molecule has 0 aromatic carbocycles. The summed E-state index contributed by atoms with van der Waals surface area (Å²) < 4.78 is 0. The van der Waals surface area contributed by atoms with Crippen molar-refractivity contribution in [1.82, 2.24) is 4.98 Å². The number of hydrogen-bond donors (Lipinski definition) is 2. The lowest BCUT2D eigenvalue weighted by Gasteiger charge is -2.09.